The van der Waals surface area contributed by atoms with Gasteiger partial charge in [0, 0.05) is 36.9 Å². The molecule has 1 heterocycles. The number of carbonyl (C=O) groups excluding carboxylic acids is 2. The Bertz CT molecular complexity index is 827. The Morgan fingerprint density at radius 2 is 1.93 bits per heavy atom. The molecule has 7 heteroatoms. The molecule has 2 amide bonds. The second kappa shape index (κ2) is 10.7. The summed E-state index contributed by atoms with van der Waals surface area (Å²) >= 11 is 7.56. The average Bonchev–Trinajstić information content (AvgIpc) is 3.10. The minimum Gasteiger partial charge on any atom is -0.382 e. The summed E-state index contributed by atoms with van der Waals surface area (Å²) in [4.78, 5) is 26.5. The summed E-state index contributed by atoms with van der Waals surface area (Å²) in [5.74, 6) is 0.479. The van der Waals surface area contributed by atoms with Crippen molar-refractivity contribution in [3.63, 3.8) is 0 Å². The maximum Gasteiger partial charge on any atom is 0.251 e. The molecule has 1 aliphatic rings. The number of rotatable bonds is 9. The summed E-state index contributed by atoms with van der Waals surface area (Å²) in [6.45, 7) is 4.41. The van der Waals surface area contributed by atoms with Crippen LogP contribution in [0, 0.1) is 0 Å². The van der Waals surface area contributed by atoms with Gasteiger partial charge in [-0.3, -0.25) is 9.59 Å². The molecule has 29 heavy (non-hydrogen) atoms. The van der Waals surface area contributed by atoms with Gasteiger partial charge in [0.05, 0.1) is 5.75 Å². The molecule has 3 rings (SSSR count). The standard InChI is InChI=1S/C22H25ClN2O3S/c1-2-28-13-3-12-24-21(27)17-6-8-18(9-7-17)22-25(20(26)15-29-22)14-16-4-10-19(23)11-5-16/h4-11,22H,2-3,12-15H2,1H3,(H,24,27)/t22-/m0/s1. The Morgan fingerprint density at radius 1 is 1.21 bits per heavy atom. The average molecular weight is 433 g/mol. The number of amides is 2. The highest BCUT2D eigenvalue weighted by atomic mass is 35.5. The minimum absolute atomic E-state index is 0.0542. The first-order valence-corrected chi connectivity index (χ1v) is 11.1. The largest absolute Gasteiger partial charge is 0.382 e. The molecular weight excluding hydrogens is 408 g/mol. The van der Waals surface area contributed by atoms with Crippen molar-refractivity contribution in [2.75, 3.05) is 25.5 Å². The third kappa shape index (κ3) is 5.98. The highest BCUT2D eigenvalue weighted by Gasteiger charge is 2.32. The molecule has 1 N–H and O–H groups in total. The SMILES string of the molecule is CCOCCCNC(=O)c1ccc([C@@H]2SCC(=O)N2Cc2ccc(Cl)cc2)cc1. The number of nitrogens with zero attached hydrogens (tertiary/aromatic N) is 1. The van der Waals surface area contributed by atoms with E-state index in [4.69, 9.17) is 16.3 Å². The van der Waals surface area contributed by atoms with Crippen molar-refractivity contribution in [3.05, 3.63) is 70.2 Å². The molecule has 1 saturated heterocycles. The van der Waals surface area contributed by atoms with Crippen LogP contribution in [0.2, 0.25) is 5.02 Å². The van der Waals surface area contributed by atoms with Crippen molar-refractivity contribution in [2.24, 2.45) is 0 Å². The first-order valence-electron chi connectivity index (χ1n) is 9.70. The molecule has 5 nitrogen and oxygen atoms in total. The van der Waals surface area contributed by atoms with Crippen molar-refractivity contribution < 1.29 is 14.3 Å². The van der Waals surface area contributed by atoms with Crippen LogP contribution in [0.3, 0.4) is 0 Å². The molecule has 0 aromatic heterocycles. The van der Waals surface area contributed by atoms with E-state index in [0.717, 1.165) is 17.5 Å². The van der Waals surface area contributed by atoms with Crippen molar-refractivity contribution in [1.29, 1.82) is 0 Å². The minimum atomic E-state index is -0.0961. The van der Waals surface area contributed by atoms with Gasteiger partial charge in [0.15, 0.2) is 0 Å². The summed E-state index contributed by atoms with van der Waals surface area (Å²) in [5, 5.41) is 3.53. The fourth-order valence-corrected chi connectivity index (χ4v) is 4.42. The van der Waals surface area contributed by atoms with Gasteiger partial charge >= 0.3 is 0 Å². The van der Waals surface area contributed by atoms with E-state index < -0.39 is 0 Å². The lowest BCUT2D eigenvalue weighted by Gasteiger charge is -2.24. The van der Waals surface area contributed by atoms with Crippen LogP contribution in [0.4, 0.5) is 0 Å². The van der Waals surface area contributed by atoms with Crippen LogP contribution in [-0.4, -0.2) is 42.2 Å². The van der Waals surface area contributed by atoms with E-state index in [0.29, 0.717) is 42.6 Å². The van der Waals surface area contributed by atoms with Gasteiger partial charge in [0.1, 0.15) is 5.37 Å². The van der Waals surface area contributed by atoms with Crippen molar-refractivity contribution >= 4 is 35.2 Å². The zero-order valence-electron chi connectivity index (χ0n) is 16.4. The first-order chi connectivity index (χ1) is 14.1. The van der Waals surface area contributed by atoms with Crippen LogP contribution < -0.4 is 5.32 Å². The molecule has 154 valence electrons. The highest BCUT2D eigenvalue weighted by Crippen LogP contribution is 2.39. The van der Waals surface area contributed by atoms with E-state index in [1.807, 2.05) is 60.4 Å². The van der Waals surface area contributed by atoms with Crippen LogP contribution in [0.15, 0.2) is 48.5 Å². The molecule has 0 spiro atoms. The number of thioether (sulfide) groups is 1. The fourth-order valence-electron chi connectivity index (χ4n) is 3.11. The zero-order chi connectivity index (χ0) is 20.6. The lowest BCUT2D eigenvalue weighted by Crippen LogP contribution is -2.28. The van der Waals surface area contributed by atoms with E-state index in [-0.39, 0.29) is 17.2 Å². The first kappa shape index (κ1) is 21.7. The van der Waals surface area contributed by atoms with Crippen LogP contribution in [0.5, 0.6) is 0 Å². The number of halogens is 1. The van der Waals surface area contributed by atoms with Gasteiger partial charge in [-0.2, -0.15) is 0 Å². The summed E-state index contributed by atoms with van der Waals surface area (Å²) in [5.41, 5.74) is 2.67. The van der Waals surface area contributed by atoms with Crippen molar-refractivity contribution in [1.82, 2.24) is 10.2 Å². The monoisotopic (exact) mass is 432 g/mol. The van der Waals surface area contributed by atoms with Crippen LogP contribution in [-0.2, 0) is 16.1 Å². The quantitative estimate of drug-likeness (QED) is 0.601. The number of ether oxygens (including phenoxy) is 1. The number of nitrogens with one attached hydrogen (secondary N) is 1. The van der Waals surface area contributed by atoms with Gasteiger partial charge in [-0.25, -0.2) is 0 Å². The Kier molecular flexibility index (Phi) is 7.98. The van der Waals surface area contributed by atoms with E-state index in [9.17, 15) is 9.59 Å². The van der Waals surface area contributed by atoms with Crippen molar-refractivity contribution in [2.45, 2.75) is 25.3 Å². The summed E-state index contributed by atoms with van der Waals surface area (Å²) < 4.78 is 5.27. The smallest absolute Gasteiger partial charge is 0.251 e. The predicted octanol–water partition coefficient (Wildman–Crippen LogP) is 4.27. The molecular formula is C22H25ClN2O3S. The van der Waals surface area contributed by atoms with E-state index in [2.05, 4.69) is 5.32 Å². The summed E-state index contributed by atoms with van der Waals surface area (Å²) in [7, 11) is 0. The third-order valence-electron chi connectivity index (χ3n) is 4.65. The molecule has 1 aliphatic heterocycles. The van der Waals surface area contributed by atoms with Crippen LogP contribution in [0.1, 0.15) is 40.2 Å². The number of hydrogen-bond acceptors (Lipinski definition) is 4. The Labute approximate surface area is 180 Å². The van der Waals surface area contributed by atoms with Crippen LogP contribution >= 0.6 is 23.4 Å². The van der Waals surface area contributed by atoms with Gasteiger partial charge in [0.25, 0.3) is 5.91 Å². The second-order valence-corrected chi connectivity index (χ2v) is 8.24. The van der Waals surface area contributed by atoms with E-state index in [1.54, 1.807) is 11.8 Å². The molecule has 1 atom stereocenters. The number of carbonyl (C=O) groups is 2. The Morgan fingerprint density at radius 3 is 2.62 bits per heavy atom. The third-order valence-corrected chi connectivity index (χ3v) is 6.16. The van der Waals surface area contributed by atoms with Gasteiger partial charge in [-0.1, -0.05) is 35.9 Å². The van der Waals surface area contributed by atoms with Crippen molar-refractivity contribution in [3.8, 4) is 0 Å². The molecule has 0 aliphatic carbocycles. The lowest BCUT2D eigenvalue weighted by molar-refractivity contribution is -0.128. The maximum atomic E-state index is 12.4. The molecule has 2 aromatic carbocycles. The molecule has 2 aromatic rings. The molecule has 0 radical (unpaired) electrons. The normalized spacial score (nSPS) is 16.3. The zero-order valence-corrected chi connectivity index (χ0v) is 18.0. The fraction of sp³-hybridized carbons (Fsp3) is 0.364. The van der Waals surface area contributed by atoms with Gasteiger partial charge < -0.3 is 15.0 Å². The molecule has 0 bridgehead atoms. The van der Waals surface area contributed by atoms with E-state index >= 15 is 0 Å². The highest BCUT2D eigenvalue weighted by molar-refractivity contribution is 8.00. The molecule has 0 saturated carbocycles. The summed E-state index contributed by atoms with van der Waals surface area (Å²) in [6.07, 6.45) is 0.790. The predicted molar refractivity (Wildman–Crippen MR) is 117 cm³/mol. The maximum absolute atomic E-state index is 12.4. The Balaban J connectivity index is 1.61. The van der Waals surface area contributed by atoms with Gasteiger partial charge in [-0.05, 0) is 48.7 Å². The van der Waals surface area contributed by atoms with E-state index in [1.165, 1.54) is 0 Å². The lowest BCUT2D eigenvalue weighted by atomic mass is 10.1. The molecule has 1 fully saturated rings. The summed E-state index contributed by atoms with van der Waals surface area (Å²) in [6, 6.07) is 15.0. The van der Waals surface area contributed by atoms with Crippen LogP contribution in [0.25, 0.3) is 0 Å². The van der Waals surface area contributed by atoms with Gasteiger partial charge in [0.2, 0.25) is 5.91 Å². The van der Waals surface area contributed by atoms with Gasteiger partial charge in [-0.15, -0.1) is 11.8 Å². The second-order valence-electron chi connectivity index (χ2n) is 6.74. The number of benzene rings is 2. The Hall–Kier alpha value is -2.02. The number of hydrogen-bond donors (Lipinski definition) is 1. The molecule has 0 unspecified atom stereocenters. The topological polar surface area (TPSA) is 58.6 Å².